The minimum absolute atomic E-state index is 0.102. The molecule has 0 amide bonds. The second-order valence-corrected chi connectivity index (χ2v) is 5.41. The Balaban J connectivity index is 1.84. The summed E-state index contributed by atoms with van der Waals surface area (Å²) in [4.78, 5) is 20.9. The summed E-state index contributed by atoms with van der Waals surface area (Å²) in [5, 5.41) is 8.97. The highest BCUT2D eigenvalue weighted by molar-refractivity contribution is 7.00. The van der Waals surface area contributed by atoms with Gasteiger partial charge in [-0.2, -0.15) is 8.75 Å². The Bertz CT molecular complexity index is 820. The Labute approximate surface area is 130 Å². The molecule has 2 aromatic heterocycles. The molecule has 0 bridgehead atoms. The summed E-state index contributed by atoms with van der Waals surface area (Å²) in [6, 6.07) is 5.89. The fourth-order valence-electron chi connectivity index (χ4n) is 2.26. The van der Waals surface area contributed by atoms with Crippen LogP contribution in [0.4, 0.5) is 5.82 Å². The standard InChI is InChI=1S/C14H13N5O2S/c1-19(14-10(5-13(20)21)6-15-8-16-14)7-9-2-3-11-12(4-9)18-22-17-11/h2-4,6,8H,5,7H2,1H3,(H,20,21). The van der Waals surface area contributed by atoms with Gasteiger partial charge in [-0.1, -0.05) is 6.07 Å². The molecule has 8 heteroatoms. The molecule has 0 aliphatic heterocycles. The van der Waals surface area contributed by atoms with E-state index in [1.807, 2.05) is 30.1 Å². The second-order valence-electron chi connectivity index (χ2n) is 4.89. The van der Waals surface area contributed by atoms with Crippen molar-refractivity contribution in [2.24, 2.45) is 0 Å². The van der Waals surface area contributed by atoms with Crippen molar-refractivity contribution in [1.29, 1.82) is 0 Å². The first-order valence-corrected chi connectivity index (χ1v) is 7.29. The number of hydrogen-bond donors (Lipinski definition) is 1. The molecule has 2 heterocycles. The van der Waals surface area contributed by atoms with Gasteiger partial charge in [0, 0.05) is 25.4 Å². The molecule has 22 heavy (non-hydrogen) atoms. The molecule has 0 spiro atoms. The van der Waals surface area contributed by atoms with Crippen molar-refractivity contribution in [2.45, 2.75) is 13.0 Å². The maximum Gasteiger partial charge on any atom is 0.308 e. The van der Waals surface area contributed by atoms with Crippen LogP contribution in [0.15, 0.2) is 30.7 Å². The third-order valence-corrected chi connectivity index (χ3v) is 3.76. The maximum atomic E-state index is 10.9. The van der Waals surface area contributed by atoms with E-state index in [4.69, 9.17) is 5.11 Å². The van der Waals surface area contributed by atoms with Gasteiger partial charge in [0.1, 0.15) is 23.2 Å². The zero-order valence-electron chi connectivity index (χ0n) is 11.8. The number of aliphatic carboxylic acids is 1. The van der Waals surface area contributed by atoms with Crippen LogP contribution in [0.3, 0.4) is 0 Å². The summed E-state index contributed by atoms with van der Waals surface area (Å²) in [7, 11) is 1.87. The summed E-state index contributed by atoms with van der Waals surface area (Å²) in [5.41, 5.74) is 3.39. The van der Waals surface area contributed by atoms with E-state index in [-0.39, 0.29) is 6.42 Å². The van der Waals surface area contributed by atoms with E-state index in [1.54, 1.807) is 6.20 Å². The van der Waals surface area contributed by atoms with Crippen molar-refractivity contribution in [1.82, 2.24) is 18.7 Å². The summed E-state index contributed by atoms with van der Waals surface area (Å²) in [6.07, 6.45) is 2.86. The Hall–Kier alpha value is -2.61. The lowest BCUT2D eigenvalue weighted by Gasteiger charge is -2.20. The molecule has 1 N–H and O–H groups in total. The zero-order chi connectivity index (χ0) is 15.5. The van der Waals surface area contributed by atoms with Crippen LogP contribution in [0.25, 0.3) is 11.0 Å². The molecule has 0 aliphatic carbocycles. The van der Waals surface area contributed by atoms with Crippen molar-refractivity contribution in [3.05, 3.63) is 41.9 Å². The molecule has 0 atom stereocenters. The number of fused-ring (bicyclic) bond motifs is 1. The largest absolute Gasteiger partial charge is 0.481 e. The van der Waals surface area contributed by atoms with Gasteiger partial charge in [0.15, 0.2) is 0 Å². The van der Waals surface area contributed by atoms with Gasteiger partial charge in [-0.3, -0.25) is 4.79 Å². The Morgan fingerprint density at radius 3 is 2.95 bits per heavy atom. The lowest BCUT2D eigenvalue weighted by Crippen LogP contribution is -2.20. The summed E-state index contributed by atoms with van der Waals surface area (Å²) >= 11 is 1.19. The lowest BCUT2D eigenvalue weighted by atomic mass is 10.1. The fourth-order valence-corrected chi connectivity index (χ4v) is 2.78. The smallest absolute Gasteiger partial charge is 0.308 e. The van der Waals surface area contributed by atoms with E-state index in [9.17, 15) is 4.79 Å². The number of carboxylic acid groups (broad SMARTS) is 1. The number of rotatable bonds is 5. The molecular weight excluding hydrogens is 302 g/mol. The van der Waals surface area contributed by atoms with Crippen molar-refractivity contribution < 1.29 is 9.90 Å². The highest BCUT2D eigenvalue weighted by Crippen LogP contribution is 2.20. The molecule has 0 fully saturated rings. The number of aromatic nitrogens is 4. The normalized spacial score (nSPS) is 10.8. The number of carbonyl (C=O) groups is 1. The van der Waals surface area contributed by atoms with E-state index in [0.29, 0.717) is 17.9 Å². The van der Waals surface area contributed by atoms with Crippen molar-refractivity contribution in [2.75, 3.05) is 11.9 Å². The highest BCUT2D eigenvalue weighted by Gasteiger charge is 2.13. The van der Waals surface area contributed by atoms with Crippen LogP contribution >= 0.6 is 11.7 Å². The van der Waals surface area contributed by atoms with Crippen LogP contribution in [0.1, 0.15) is 11.1 Å². The quantitative estimate of drug-likeness (QED) is 0.766. The highest BCUT2D eigenvalue weighted by atomic mass is 32.1. The molecule has 0 saturated heterocycles. The van der Waals surface area contributed by atoms with Crippen LogP contribution in [-0.4, -0.2) is 36.8 Å². The van der Waals surface area contributed by atoms with E-state index < -0.39 is 5.97 Å². The molecule has 7 nitrogen and oxygen atoms in total. The molecule has 3 aromatic rings. The van der Waals surface area contributed by atoms with Gasteiger partial charge in [0.25, 0.3) is 0 Å². The van der Waals surface area contributed by atoms with E-state index in [0.717, 1.165) is 16.6 Å². The van der Waals surface area contributed by atoms with Gasteiger partial charge in [-0.15, -0.1) is 0 Å². The molecule has 0 saturated carbocycles. The third-order valence-electron chi connectivity index (χ3n) is 3.21. The predicted octanol–water partition coefficient (Wildman–Crippen LogP) is 1.74. The van der Waals surface area contributed by atoms with Gasteiger partial charge >= 0.3 is 5.97 Å². The SMILES string of the molecule is CN(Cc1ccc2nsnc2c1)c1ncncc1CC(=O)O. The minimum Gasteiger partial charge on any atom is -0.481 e. The molecule has 0 unspecified atom stereocenters. The van der Waals surface area contributed by atoms with Crippen LogP contribution < -0.4 is 4.90 Å². The summed E-state index contributed by atoms with van der Waals surface area (Å²) < 4.78 is 8.40. The van der Waals surface area contributed by atoms with E-state index in [1.165, 1.54) is 18.1 Å². The lowest BCUT2D eigenvalue weighted by molar-refractivity contribution is -0.136. The molecule has 112 valence electrons. The first-order chi connectivity index (χ1) is 10.6. The average molecular weight is 315 g/mol. The van der Waals surface area contributed by atoms with E-state index >= 15 is 0 Å². The van der Waals surface area contributed by atoms with Crippen molar-refractivity contribution >= 4 is 34.5 Å². The predicted molar refractivity (Wildman–Crippen MR) is 82.9 cm³/mol. The first-order valence-electron chi connectivity index (χ1n) is 6.56. The number of benzene rings is 1. The average Bonchev–Trinajstić information content (AvgIpc) is 2.94. The first kappa shape index (κ1) is 14.3. The molecule has 0 radical (unpaired) electrons. The Kier molecular flexibility index (Phi) is 3.92. The molecule has 0 aliphatic rings. The number of anilines is 1. The molecular formula is C14H13N5O2S. The van der Waals surface area contributed by atoms with Crippen molar-refractivity contribution in [3.8, 4) is 0 Å². The zero-order valence-corrected chi connectivity index (χ0v) is 12.6. The molecule has 1 aromatic carbocycles. The third kappa shape index (κ3) is 3.01. The Morgan fingerprint density at radius 2 is 2.14 bits per heavy atom. The van der Waals surface area contributed by atoms with Gasteiger partial charge < -0.3 is 10.0 Å². The van der Waals surface area contributed by atoms with Crippen LogP contribution in [0, 0.1) is 0 Å². The van der Waals surface area contributed by atoms with Gasteiger partial charge in [-0.25, -0.2) is 9.97 Å². The summed E-state index contributed by atoms with van der Waals surface area (Å²) in [6.45, 7) is 0.594. The molecule has 3 rings (SSSR count). The van der Waals surface area contributed by atoms with Crippen LogP contribution in [0.5, 0.6) is 0 Å². The van der Waals surface area contributed by atoms with Crippen LogP contribution in [-0.2, 0) is 17.8 Å². The van der Waals surface area contributed by atoms with Crippen LogP contribution in [0.2, 0.25) is 0 Å². The van der Waals surface area contributed by atoms with E-state index in [2.05, 4.69) is 18.7 Å². The number of nitrogens with zero attached hydrogens (tertiary/aromatic N) is 5. The van der Waals surface area contributed by atoms with Gasteiger partial charge in [-0.05, 0) is 17.7 Å². The van der Waals surface area contributed by atoms with Gasteiger partial charge in [0.2, 0.25) is 0 Å². The second kappa shape index (κ2) is 6.02. The maximum absolute atomic E-state index is 10.9. The Morgan fingerprint density at radius 1 is 1.32 bits per heavy atom. The number of hydrogen-bond acceptors (Lipinski definition) is 7. The summed E-state index contributed by atoms with van der Waals surface area (Å²) in [5.74, 6) is -0.284. The number of carboxylic acids is 1. The van der Waals surface area contributed by atoms with Crippen molar-refractivity contribution in [3.63, 3.8) is 0 Å². The topological polar surface area (TPSA) is 92.1 Å². The fraction of sp³-hybridized carbons (Fsp3) is 0.214. The monoisotopic (exact) mass is 315 g/mol. The van der Waals surface area contributed by atoms with Gasteiger partial charge in [0.05, 0.1) is 18.1 Å². The minimum atomic E-state index is -0.903.